The molecule has 28 heavy (non-hydrogen) atoms. The van der Waals surface area contributed by atoms with Crippen molar-refractivity contribution in [3.8, 4) is 11.5 Å². The highest BCUT2D eigenvalue weighted by Crippen LogP contribution is 2.36. The second kappa shape index (κ2) is 9.25. The van der Waals surface area contributed by atoms with E-state index in [1.54, 1.807) is 0 Å². The fraction of sp³-hybridized carbons (Fsp3) is 0.455. The van der Waals surface area contributed by atoms with E-state index < -0.39 is 0 Å². The molecule has 0 N–H and O–H groups in total. The van der Waals surface area contributed by atoms with Crippen LogP contribution in [0.5, 0.6) is 11.5 Å². The average molecular weight is 485 g/mol. The Morgan fingerprint density at radius 1 is 0.964 bits per heavy atom. The molecule has 0 saturated carbocycles. The average Bonchev–Trinajstić information content (AvgIpc) is 2.70. The number of piperidine rings is 1. The van der Waals surface area contributed by atoms with Crippen LogP contribution in [0.15, 0.2) is 34.8 Å². The Morgan fingerprint density at radius 3 is 2.43 bits per heavy atom. The van der Waals surface area contributed by atoms with Crippen LogP contribution in [0.3, 0.4) is 0 Å². The zero-order valence-electron chi connectivity index (χ0n) is 15.7. The fourth-order valence-corrected chi connectivity index (χ4v) is 4.85. The number of benzene rings is 2. The van der Waals surface area contributed by atoms with Gasteiger partial charge in [0.2, 0.25) is 0 Å². The van der Waals surface area contributed by atoms with E-state index in [2.05, 4.69) is 26.9 Å². The third kappa shape index (κ3) is 4.96. The molecule has 4 rings (SSSR count). The van der Waals surface area contributed by atoms with Crippen molar-refractivity contribution in [1.82, 2.24) is 4.90 Å². The number of halogens is 3. The van der Waals surface area contributed by atoms with Gasteiger partial charge < -0.3 is 14.4 Å². The number of fused-ring (bicyclic) bond motifs is 1. The number of hydrogen-bond acceptors (Lipinski definition) is 3. The summed E-state index contributed by atoms with van der Waals surface area (Å²) >= 11 is 16.3. The van der Waals surface area contributed by atoms with Gasteiger partial charge in [-0.15, -0.1) is 0 Å². The summed E-state index contributed by atoms with van der Waals surface area (Å²) < 4.78 is 12.4. The summed E-state index contributed by atoms with van der Waals surface area (Å²) in [6.45, 7) is 4.47. The molecular weight excluding hydrogens is 461 g/mol. The van der Waals surface area contributed by atoms with Gasteiger partial charge in [0.25, 0.3) is 0 Å². The minimum absolute atomic E-state index is 0.587. The first-order valence-corrected chi connectivity index (χ1v) is 11.4. The van der Waals surface area contributed by atoms with Gasteiger partial charge >= 0.3 is 0 Å². The van der Waals surface area contributed by atoms with Crippen molar-refractivity contribution in [2.45, 2.75) is 25.7 Å². The molecule has 0 amide bonds. The third-order valence-electron chi connectivity index (χ3n) is 5.63. The molecule has 0 spiro atoms. The second-order valence-corrected chi connectivity index (χ2v) is 9.26. The maximum atomic E-state index is 6.45. The van der Waals surface area contributed by atoms with Gasteiger partial charge in [-0.1, -0.05) is 39.1 Å². The molecule has 1 saturated heterocycles. The molecule has 2 aliphatic heterocycles. The molecule has 3 nitrogen and oxygen atoms in total. The molecule has 0 bridgehead atoms. The third-order valence-corrected chi connectivity index (χ3v) is 6.99. The summed E-state index contributed by atoms with van der Waals surface area (Å²) in [4.78, 5) is 2.54. The second-order valence-electron chi connectivity index (χ2n) is 7.56. The zero-order valence-corrected chi connectivity index (χ0v) is 18.8. The maximum absolute atomic E-state index is 6.45. The summed E-state index contributed by atoms with van der Waals surface area (Å²) in [7, 11) is 0. The van der Waals surface area contributed by atoms with Gasteiger partial charge in [-0.05, 0) is 80.1 Å². The van der Waals surface area contributed by atoms with Gasteiger partial charge in [0, 0.05) is 27.1 Å². The minimum atomic E-state index is 0.587. The SMILES string of the molecule is Clc1ccc(Br)c(CC2CCN(CCc3cc4c(cc3Cl)OCCO4)CC2)c1. The predicted molar refractivity (Wildman–Crippen MR) is 118 cm³/mol. The summed E-state index contributed by atoms with van der Waals surface area (Å²) in [5.41, 5.74) is 2.45. The van der Waals surface area contributed by atoms with E-state index in [1.165, 1.54) is 18.4 Å². The molecule has 0 aromatic heterocycles. The number of rotatable bonds is 5. The van der Waals surface area contributed by atoms with Crippen molar-refractivity contribution < 1.29 is 9.47 Å². The van der Waals surface area contributed by atoms with Crippen LogP contribution in [-0.2, 0) is 12.8 Å². The van der Waals surface area contributed by atoms with Crippen LogP contribution in [0.2, 0.25) is 10.0 Å². The molecule has 0 atom stereocenters. The highest BCUT2D eigenvalue weighted by Gasteiger charge is 2.21. The highest BCUT2D eigenvalue weighted by atomic mass is 79.9. The van der Waals surface area contributed by atoms with E-state index in [0.717, 1.165) is 64.1 Å². The monoisotopic (exact) mass is 483 g/mol. The Balaban J connectivity index is 1.28. The Morgan fingerprint density at radius 2 is 1.68 bits per heavy atom. The van der Waals surface area contributed by atoms with Gasteiger partial charge in [-0.25, -0.2) is 0 Å². The first-order valence-electron chi connectivity index (χ1n) is 9.83. The van der Waals surface area contributed by atoms with Crippen LogP contribution in [0.4, 0.5) is 0 Å². The fourth-order valence-electron chi connectivity index (χ4n) is 4.00. The Kier molecular flexibility index (Phi) is 6.72. The molecule has 6 heteroatoms. The van der Waals surface area contributed by atoms with E-state index in [-0.39, 0.29) is 0 Å². The van der Waals surface area contributed by atoms with Crippen molar-refractivity contribution in [2.75, 3.05) is 32.8 Å². The van der Waals surface area contributed by atoms with Crippen LogP contribution in [0.1, 0.15) is 24.0 Å². The lowest BCUT2D eigenvalue weighted by molar-refractivity contribution is 0.171. The van der Waals surface area contributed by atoms with Crippen LogP contribution in [0, 0.1) is 5.92 Å². The van der Waals surface area contributed by atoms with Crippen molar-refractivity contribution in [2.24, 2.45) is 5.92 Å². The Bertz CT molecular complexity index is 838. The van der Waals surface area contributed by atoms with Crippen molar-refractivity contribution in [3.05, 3.63) is 56.0 Å². The predicted octanol–water partition coefficient (Wildman–Crippen LogP) is 6.02. The molecule has 2 heterocycles. The van der Waals surface area contributed by atoms with Crippen molar-refractivity contribution >= 4 is 39.1 Å². The van der Waals surface area contributed by atoms with Crippen LogP contribution in [0.25, 0.3) is 0 Å². The van der Waals surface area contributed by atoms with E-state index in [4.69, 9.17) is 32.7 Å². The van der Waals surface area contributed by atoms with E-state index in [1.807, 2.05) is 24.3 Å². The maximum Gasteiger partial charge on any atom is 0.162 e. The lowest BCUT2D eigenvalue weighted by Gasteiger charge is -2.32. The summed E-state index contributed by atoms with van der Waals surface area (Å²) in [5, 5.41) is 1.58. The van der Waals surface area contributed by atoms with E-state index in [0.29, 0.717) is 19.1 Å². The topological polar surface area (TPSA) is 21.7 Å². The van der Waals surface area contributed by atoms with Crippen molar-refractivity contribution in [3.63, 3.8) is 0 Å². The lowest BCUT2D eigenvalue weighted by Crippen LogP contribution is -2.35. The summed E-state index contributed by atoms with van der Waals surface area (Å²) in [6.07, 6.45) is 4.45. The van der Waals surface area contributed by atoms with Crippen LogP contribution in [-0.4, -0.2) is 37.7 Å². The first-order chi connectivity index (χ1) is 13.6. The highest BCUT2D eigenvalue weighted by molar-refractivity contribution is 9.10. The first kappa shape index (κ1) is 20.3. The van der Waals surface area contributed by atoms with Gasteiger partial charge in [-0.3, -0.25) is 0 Å². The Labute approximate surface area is 185 Å². The van der Waals surface area contributed by atoms with E-state index >= 15 is 0 Å². The van der Waals surface area contributed by atoms with Gasteiger partial charge in [-0.2, -0.15) is 0 Å². The number of ether oxygens (including phenoxy) is 2. The molecular formula is C22H24BrCl2NO2. The number of likely N-dealkylation sites (tertiary alicyclic amines) is 1. The number of nitrogens with zero attached hydrogens (tertiary/aromatic N) is 1. The summed E-state index contributed by atoms with van der Waals surface area (Å²) in [6, 6.07) is 9.99. The molecule has 0 aliphatic carbocycles. The Hall–Kier alpha value is -0.940. The number of hydrogen-bond donors (Lipinski definition) is 0. The van der Waals surface area contributed by atoms with Crippen LogP contribution < -0.4 is 9.47 Å². The van der Waals surface area contributed by atoms with Gasteiger partial charge in [0.1, 0.15) is 13.2 Å². The molecule has 0 radical (unpaired) electrons. The molecule has 1 fully saturated rings. The largest absolute Gasteiger partial charge is 0.486 e. The van der Waals surface area contributed by atoms with E-state index in [9.17, 15) is 0 Å². The molecule has 2 aliphatic rings. The molecule has 0 unspecified atom stereocenters. The summed E-state index contributed by atoms with van der Waals surface area (Å²) in [5.74, 6) is 2.29. The standard InChI is InChI=1S/C22H24BrCl2NO2/c23-19-2-1-18(24)12-17(19)11-15-3-6-26(7-4-15)8-5-16-13-21-22(14-20(16)25)28-10-9-27-21/h1-2,12-15H,3-11H2. The molecule has 150 valence electrons. The quantitative estimate of drug-likeness (QED) is 0.517. The molecule has 2 aromatic carbocycles. The van der Waals surface area contributed by atoms with Crippen molar-refractivity contribution in [1.29, 1.82) is 0 Å². The molecule has 2 aromatic rings. The smallest absolute Gasteiger partial charge is 0.162 e. The van der Waals surface area contributed by atoms with Crippen LogP contribution >= 0.6 is 39.1 Å². The lowest BCUT2D eigenvalue weighted by atomic mass is 9.90. The van der Waals surface area contributed by atoms with Gasteiger partial charge in [0.15, 0.2) is 11.5 Å². The van der Waals surface area contributed by atoms with Gasteiger partial charge in [0.05, 0.1) is 0 Å². The normalized spacial score (nSPS) is 17.7. The minimum Gasteiger partial charge on any atom is -0.486 e. The zero-order chi connectivity index (χ0) is 19.5.